The Kier molecular flexibility index (Phi) is 6.59. The van der Waals surface area contributed by atoms with Gasteiger partial charge in [-0.1, -0.05) is 41.4 Å². The topological polar surface area (TPSA) is 50.6 Å². The zero-order valence-electron chi connectivity index (χ0n) is 14.4. The van der Waals surface area contributed by atoms with Crippen LogP contribution >= 0.6 is 23.2 Å². The first-order valence-corrected chi connectivity index (χ1v) is 8.71. The molecule has 0 aliphatic heterocycles. The van der Waals surface area contributed by atoms with Gasteiger partial charge < -0.3 is 10.2 Å². The molecule has 0 spiro atoms. The summed E-state index contributed by atoms with van der Waals surface area (Å²) in [7, 11) is 1.94. The summed E-state index contributed by atoms with van der Waals surface area (Å²) in [5.74, 6) is -0.148. The normalized spacial score (nSPS) is 13.2. The van der Waals surface area contributed by atoms with Gasteiger partial charge in [-0.25, -0.2) is 0 Å². The molecule has 0 aliphatic carbocycles. The smallest absolute Gasteiger partial charge is 0.282 e. The number of carbonyl (C=O) groups is 2. The maximum absolute atomic E-state index is 12.5. The van der Waals surface area contributed by atoms with Crippen molar-refractivity contribution in [1.82, 2.24) is 0 Å². The summed E-state index contributed by atoms with van der Waals surface area (Å²) < 4.78 is 0. The Balaban J connectivity index is 2.02. The third kappa shape index (κ3) is 5.30. The van der Waals surface area contributed by atoms with Crippen molar-refractivity contribution in [3.63, 3.8) is 0 Å². The summed E-state index contributed by atoms with van der Waals surface area (Å²) >= 11 is 12.0. The molecular formula is C19H21Cl2N2O2+. The number of likely N-dealkylation sites (N-methyl/N-ethyl adjacent to an activating group) is 1. The monoisotopic (exact) mass is 379 g/mol. The Morgan fingerprint density at radius 3 is 2.48 bits per heavy atom. The van der Waals surface area contributed by atoms with Gasteiger partial charge in [-0.15, -0.1) is 0 Å². The number of benzene rings is 2. The van der Waals surface area contributed by atoms with E-state index in [1.807, 2.05) is 26.1 Å². The second kappa shape index (κ2) is 8.48. The van der Waals surface area contributed by atoms with Gasteiger partial charge in [0, 0.05) is 16.8 Å². The third-order valence-electron chi connectivity index (χ3n) is 4.14. The lowest BCUT2D eigenvalue weighted by Gasteiger charge is -2.21. The van der Waals surface area contributed by atoms with Crippen LogP contribution in [0.3, 0.4) is 0 Å². The Morgan fingerprint density at radius 2 is 1.84 bits per heavy atom. The van der Waals surface area contributed by atoms with E-state index in [1.54, 1.807) is 30.3 Å². The standard InChI is InChI=1S/C19H20Cl2N2O2/c1-12(23(3)11-14-7-8-17(20)18(21)9-14)19(25)22-16-6-4-5-15(10-16)13(2)24/h4-10,12H,11H2,1-3H3,(H,22,25)/p+1/t12-/m1/s1. The van der Waals surface area contributed by atoms with E-state index in [2.05, 4.69) is 5.32 Å². The van der Waals surface area contributed by atoms with E-state index in [0.29, 0.717) is 27.8 Å². The van der Waals surface area contributed by atoms with Crippen LogP contribution in [-0.2, 0) is 11.3 Å². The van der Waals surface area contributed by atoms with Crippen LogP contribution in [0, 0.1) is 0 Å². The first-order chi connectivity index (χ1) is 11.8. The maximum atomic E-state index is 12.5. The van der Waals surface area contributed by atoms with Crippen LogP contribution < -0.4 is 10.2 Å². The van der Waals surface area contributed by atoms with E-state index in [0.717, 1.165) is 10.5 Å². The molecule has 0 heterocycles. The largest absolute Gasteiger partial charge is 0.324 e. The minimum atomic E-state index is -0.282. The van der Waals surface area contributed by atoms with Crippen LogP contribution in [0.5, 0.6) is 0 Å². The number of anilines is 1. The molecule has 0 saturated heterocycles. The van der Waals surface area contributed by atoms with Gasteiger partial charge in [-0.05, 0) is 38.1 Å². The number of rotatable bonds is 6. The minimum absolute atomic E-state index is 0.0356. The Morgan fingerprint density at radius 1 is 1.12 bits per heavy atom. The van der Waals surface area contributed by atoms with E-state index in [9.17, 15) is 9.59 Å². The quantitative estimate of drug-likeness (QED) is 0.756. The van der Waals surface area contributed by atoms with E-state index < -0.39 is 0 Å². The minimum Gasteiger partial charge on any atom is -0.324 e. The van der Waals surface area contributed by atoms with Crippen molar-refractivity contribution in [2.45, 2.75) is 26.4 Å². The third-order valence-corrected chi connectivity index (χ3v) is 4.88. The van der Waals surface area contributed by atoms with E-state index >= 15 is 0 Å². The molecule has 1 unspecified atom stereocenters. The zero-order chi connectivity index (χ0) is 18.6. The van der Waals surface area contributed by atoms with Crippen LogP contribution in [0.25, 0.3) is 0 Å². The van der Waals surface area contributed by atoms with Crippen LogP contribution in [0.1, 0.15) is 29.8 Å². The Labute approximate surface area is 157 Å². The average Bonchev–Trinajstić information content (AvgIpc) is 2.57. The zero-order valence-corrected chi connectivity index (χ0v) is 15.9. The first-order valence-electron chi connectivity index (χ1n) is 7.96. The van der Waals surface area contributed by atoms with Gasteiger partial charge >= 0.3 is 0 Å². The summed E-state index contributed by atoms with van der Waals surface area (Å²) in [5.41, 5.74) is 2.19. The second-order valence-electron chi connectivity index (χ2n) is 6.12. The van der Waals surface area contributed by atoms with Gasteiger partial charge in [0.2, 0.25) is 0 Å². The summed E-state index contributed by atoms with van der Waals surface area (Å²) in [6.07, 6.45) is 0. The molecule has 132 valence electrons. The number of hydrogen-bond acceptors (Lipinski definition) is 2. The average molecular weight is 380 g/mol. The molecule has 2 atom stereocenters. The maximum Gasteiger partial charge on any atom is 0.282 e. The van der Waals surface area contributed by atoms with Crippen LogP contribution in [0.4, 0.5) is 5.69 Å². The van der Waals surface area contributed by atoms with Crippen molar-refractivity contribution in [3.05, 3.63) is 63.6 Å². The molecule has 0 radical (unpaired) electrons. The molecular weight excluding hydrogens is 359 g/mol. The van der Waals surface area contributed by atoms with Gasteiger partial charge in [0.1, 0.15) is 6.54 Å². The van der Waals surface area contributed by atoms with Crippen molar-refractivity contribution in [2.24, 2.45) is 0 Å². The van der Waals surface area contributed by atoms with Crippen molar-refractivity contribution < 1.29 is 14.5 Å². The van der Waals surface area contributed by atoms with Gasteiger partial charge in [0.05, 0.1) is 17.1 Å². The summed E-state index contributed by atoms with van der Waals surface area (Å²) in [6, 6.07) is 12.1. The number of ketones is 1. The highest BCUT2D eigenvalue weighted by Crippen LogP contribution is 2.22. The first kappa shape index (κ1) is 19.4. The molecule has 6 heteroatoms. The number of carbonyl (C=O) groups excluding carboxylic acids is 2. The number of nitrogens with one attached hydrogen (secondary N) is 2. The number of quaternary nitrogens is 1. The SMILES string of the molecule is CC(=O)c1cccc(NC(=O)[C@@H](C)[NH+](C)Cc2ccc(Cl)c(Cl)c2)c1. The van der Waals surface area contributed by atoms with Crippen LogP contribution in [0.15, 0.2) is 42.5 Å². The highest BCUT2D eigenvalue weighted by molar-refractivity contribution is 6.42. The van der Waals surface area contributed by atoms with Crippen LogP contribution in [-0.4, -0.2) is 24.8 Å². The lowest BCUT2D eigenvalue weighted by atomic mass is 10.1. The molecule has 25 heavy (non-hydrogen) atoms. The van der Waals surface area contributed by atoms with E-state index in [4.69, 9.17) is 23.2 Å². The van der Waals surface area contributed by atoms with E-state index in [-0.39, 0.29) is 17.7 Å². The van der Waals surface area contributed by atoms with Gasteiger partial charge in [0.25, 0.3) is 5.91 Å². The molecule has 0 saturated carbocycles. The fourth-order valence-corrected chi connectivity index (χ4v) is 2.74. The summed E-state index contributed by atoms with van der Waals surface area (Å²) in [6.45, 7) is 3.99. The molecule has 0 fully saturated rings. The highest BCUT2D eigenvalue weighted by Gasteiger charge is 2.22. The van der Waals surface area contributed by atoms with Crippen molar-refractivity contribution >= 4 is 40.6 Å². The molecule has 2 N–H and O–H groups in total. The Bertz CT molecular complexity index is 793. The van der Waals surface area contributed by atoms with Crippen LogP contribution in [0.2, 0.25) is 10.0 Å². The highest BCUT2D eigenvalue weighted by atomic mass is 35.5. The molecule has 0 aliphatic rings. The molecule has 2 aromatic rings. The fourth-order valence-electron chi connectivity index (χ4n) is 2.41. The lowest BCUT2D eigenvalue weighted by molar-refractivity contribution is -0.907. The summed E-state index contributed by atoms with van der Waals surface area (Å²) in [5, 5.41) is 3.88. The van der Waals surface area contributed by atoms with Gasteiger partial charge in [-0.3, -0.25) is 9.59 Å². The lowest BCUT2D eigenvalue weighted by Crippen LogP contribution is -3.12. The predicted molar refractivity (Wildman–Crippen MR) is 102 cm³/mol. The van der Waals surface area contributed by atoms with Gasteiger partial charge in [-0.2, -0.15) is 0 Å². The predicted octanol–water partition coefficient (Wildman–Crippen LogP) is 3.24. The van der Waals surface area contributed by atoms with Crippen molar-refractivity contribution in [3.8, 4) is 0 Å². The molecule has 4 nitrogen and oxygen atoms in total. The molecule has 1 amide bonds. The molecule has 2 rings (SSSR count). The van der Waals surface area contributed by atoms with E-state index in [1.165, 1.54) is 6.92 Å². The molecule has 2 aromatic carbocycles. The second-order valence-corrected chi connectivity index (χ2v) is 6.93. The summed E-state index contributed by atoms with van der Waals surface area (Å²) in [4.78, 5) is 24.9. The fraction of sp³-hybridized carbons (Fsp3) is 0.263. The number of halogens is 2. The molecule has 0 bridgehead atoms. The number of hydrogen-bond donors (Lipinski definition) is 2. The Hall–Kier alpha value is -1.88. The molecule has 0 aromatic heterocycles. The number of amides is 1. The number of Topliss-reactive ketones (excluding diaryl/α,β-unsaturated/α-hetero) is 1. The van der Waals surface area contributed by atoms with Crippen molar-refractivity contribution in [1.29, 1.82) is 0 Å². The van der Waals surface area contributed by atoms with Gasteiger partial charge in [0.15, 0.2) is 11.8 Å². The van der Waals surface area contributed by atoms with Crippen molar-refractivity contribution in [2.75, 3.05) is 12.4 Å².